The number of nitrogens with zero attached hydrogens (tertiary/aromatic N) is 1. The Morgan fingerprint density at radius 1 is 1.48 bits per heavy atom. The van der Waals surface area contributed by atoms with E-state index in [1.54, 1.807) is 17.9 Å². The highest BCUT2D eigenvalue weighted by Crippen LogP contribution is 2.22. The lowest BCUT2D eigenvalue weighted by atomic mass is 10.1. The quantitative estimate of drug-likeness (QED) is 0.882. The lowest BCUT2D eigenvalue weighted by molar-refractivity contribution is -0.144. The van der Waals surface area contributed by atoms with Gasteiger partial charge in [-0.1, -0.05) is 0 Å². The summed E-state index contributed by atoms with van der Waals surface area (Å²) in [6, 6.07) is 3.04. The molecule has 1 aromatic rings. The van der Waals surface area contributed by atoms with Crippen LogP contribution in [0.2, 0.25) is 0 Å². The topological polar surface area (TPSA) is 58.6 Å². The zero-order valence-electron chi connectivity index (χ0n) is 12.3. The number of ether oxygens (including phenoxy) is 1. The van der Waals surface area contributed by atoms with Gasteiger partial charge in [0, 0.05) is 6.54 Å². The van der Waals surface area contributed by atoms with Crippen LogP contribution < -0.4 is 5.32 Å². The van der Waals surface area contributed by atoms with E-state index in [0.29, 0.717) is 18.0 Å². The minimum absolute atomic E-state index is 0.0290. The summed E-state index contributed by atoms with van der Waals surface area (Å²) in [7, 11) is 0. The van der Waals surface area contributed by atoms with E-state index in [2.05, 4.69) is 21.2 Å². The third kappa shape index (κ3) is 4.05. The molecule has 1 N–H and O–H groups in total. The third-order valence-corrected chi connectivity index (χ3v) is 5.03. The SMILES string of the molecule is CC1CN(C(=O)C(C)NC(=O)c2ccc(Br)s2)C(C)CO1. The van der Waals surface area contributed by atoms with E-state index in [9.17, 15) is 9.59 Å². The summed E-state index contributed by atoms with van der Waals surface area (Å²) in [5, 5.41) is 2.76. The first-order valence-corrected chi connectivity index (χ1v) is 8.47. The second kappa shape index (κ2) is 6.89. The van der Waals surface area contributed by atoms with Crippen molar-refractivity contribution in [1.29, 1.82) is 0 Å². The van der Waals surface area contributed by atoms with E-state index in [1.807, 2.05) is 19.9 Å². The van der Waals surface area contributed by atoms with Crippen molar-refractivity contribution >= 4 is 39.1 Å². The molecule has 7 heteroatoms. The van der Waals surface area contributed by atoms with Crippen LogP contribution >= 0.6 is 27.3 Å². The van der Waals surface area contributed by atoms with Crippen LogP contribution in [0.15, 0.2) is 15.9 Å². The molecule has 2 amide bonds. The van der Waals surface area contributed by atoms with Gasteiger partial charge in [-0.15, -0.1) is 11.3 Å². The monoisotopic (exact) mass is 374 g/mol. The number of carbonyl (C=O) groups is 2. The van der Waals surface area contributed by atoms with Crippen LogP contribution in [0.4, 0.5) is 0 Å². The first-order chi connectivity index (χ1) is 9.88. The van der Waals surface area contributed by atoms with Gasteiger partial charge in [0.2, 0.25) is 5.91 Å². The molecular weight excluding hydrogens is 356 g/mol. The maximum atomic E-state index is 12.5. The summed E-state index contributed by atoms with van der Waals surface area (Å²) in [5.74, 6) is -0.290. The van der Waals surface area contributed by atoms with Gasteiger partial charge in [0.1, 0.15) is 6.04 Å². The molecule has 0 saturated carbocycles. The smallest absolute Gasteiger partial charge is 0.262 e. The van der Waals surface area contributed by atoms with Gasteiger partial charge in [0.05, 0.1) is 27.4 Å². The predicted octanol–water partition coefficient (Wildman–Crippen LogP) is 2.26. The molecule has 0 spiro atoms. The molecule has 3 atom stereocenters. The number of rotatable bonds is 3. The molecule has 1 aromatic heterocycles. The Hall–Kier alpha value is -0.920. The second-order valence-electron chi connectivity index (χ2n) is 5.28. The maximum absolute atomic E-state index is 12.5. The van der Waals surface area contributed by atoms with Crippen LogP contribution in [0, 0.1) is 0 Å². The van der Waals surface area contributed by atoms with Crippen molar-refractivity contribution in [1.82, 2.24) is 10.2 Å². The summed E-state index contributed by atoms with van der Waals surface area (Å²) >= 11 is 4.67. The van der Waals surface area contributed by atoms with Crippen molar-refractivity contribution in [2.24, 2.45) is 0 Å². The van der Waals surface area contributed by atoms with E-state index >= 15 is 0 Å². The van der Waals surface area contributed by atoms with Gasteiger partial charge in [-0.05, 0) is 48.8 Å². The largest absolute Gasteiger partial charge is 0.375 e. The predicted molar refractivity (Wildman–Crippen MR) is 85.5 cm³/mol. The summed E-state index contributed by atoms with van der Waals surface area (Å²) < 4.78 is 6.41. The number of nitrogens with one attached hydrogen (secondary N) is 1. The Kier molecular flexibility index (Phi) is 5.40. The van der Waals surface area contributed by atoms with Crippen molar-refractivity contribution in [3.8, 4) is 0 Å². The number of morpholine rings is 1. The van der Waals surface area contributed by atoms with E-state index in [-0.39, 0.29) is 24.0 Å². The molecule has 0 bridgehead atoms. The molecule has 1 aliphatic heterocycles. The van der Waals surface area contributed by atoms with Crippen molar-refractivity contribution in [3.05, 3.63) is 20.8 Å². The van der Waals surface area contributed by atoms with Crippen LogP contribution in [-0.2, 0) is 9.53 Å². The molecule has 0 radical (unpaired) electrons. The molecule has 2 rings (SSSR count). The van der Waals surface area contributed by atoms with Gasteiger partial charge in [-0.25, -0.2) is 0 Å². The molecule has 1 fully saturated rings. The maximum Gasteiger partial charge on any atom is 0.262 e. The molecule has 2 heterocycles. The molecule has 21 heavy (non-hydrogen) atoms. The highest BCUT2D eigenvalue weighted by Gasteiger charge is 2.31. The standard InChI is InChI=1S/C14H19BrN2O3S/c1-8-7-20-9(2)6-17(8)14(19)10(3)16-13(18)11-4-5-12(15)21-11/h4-5,8-10H,6-7H2,1-3H3,(H,16,18). The summed E-state index contributed by atoms with van der Waals surface area (Å²) in [6.07, 6.45) is 0.0290. The first kappa shape index (κ1) is 16.5. The van der Waals surface area contributed by atoms with E-state index in [4.69, 9.17) is 4.74 Å². The molecule has 5 nitrogen and oxygen atoms in total. The second-order valence-corrected chi connectivity index (χ2v) is 7.75. The molecule has 116 valence electrons. The lowest BCUT2D eigenvalue weighted by Crippen LogP contribution is -2.55. The average molecular weight is 375 g/mol. The number of carbonyl (C=O) groups excluding carboxylic acids is 2. The fourth-order valence-corrected chi connectivity index (χ4v) is 3.51. The lowest BCUT2D eigenvalue weighted by Gasteiger charge is -2.38. The number of thiophene rings is 1. The van der Waals surface area contributed by atoms with Crippen LogP contribution in [0.3, 0.4) is 0 Å². The third-order valence-electron chi connectivity index (χ3n) is 3.41. The highest BCUT2D eigenvalue weighted by atomic mass is 79.9. The van der Waals surface area contributed by atoms with E-state index in [0.717, 1.165) is 3.79 Å². The van der Waals surface area contributed by atoms with Crippen molar-refractivity contribution in [2.75, 3.05) is 13.2 Å². The first-order valence-electron chi connectivity index (χ1n) is 6.86. The van der Waals surface area contributed by atoms with E-state index < -0.39 is 6.04 Å². The van der Waals surface area contributed by atoms with Crippen molar-refractivity contribution < 1.29 is 14.3 Å². The molecule has 0 aromatic carbocycles. The molecule has 3 unspecified atom stereocenters. The Morgan fingerprint density at radius 3 is 2.81 bits per heavy atom. The van der Waals surface area contributed by atoms with Crippen molar-refractivity contribution in [3.63, 3.8) is 0 Å². The number of hydrogen-bond acceptors (Lipinski definition) is 4. The van der Waals surface area contributed by atoms with Gasteiger partial charge in [0.15, 0.2) is 0 Å². The Labute approximate surface area is 136 Å². The summed E-state index contributed by atoms with van der Waals surface area (Å²) in [6.45, 7) is 6.71. The Morgan fingerprint density at radius 2 is 2.19 bits per heavy atom. The van der Waals surface area contributed by atoms with Crippen molar-refractivity contribution in [2.45, 2.75) is 39.0 Å². The fourth-order valence-electron chi connectivity index (χ4n) is 2.22. The molecule has 1 aliphatic rings. The van der Waals surface area contributed by atoms with Crippen LogP contribution in [-0.4, -0.2) is 48.1 Å². The summed E-state index contributed by atoms with van der Waals surface area (Å²) in [5.41, 5.74) is 0. The molecule has 1 saturated heterocycles. The normalized spacial score (nSPS) is 23.7. The molecular formula is C14H19BrN2O3S. The van der Waals surface area contributed by atoms with Gasteiger partial charge < -0.3 is 15.0 Å². The molecule has 0 aliphatic carbocycles. The fraction of sp³-hybridized carbons (Fsp3) is 0.571. The highest BCUT2D eigenvalue weighted by molar-refractivity contribution is 9.11. The Balaban J connectivity index is 1.97. The minimum Gasteiger partial charge on any atom is -0.375 e. The van der Waals surface area contributed by atoms with Crippen LogP contribution in [0.1, 0.15) is 30.4 Å². The number of amides is 2. The number of halogens is 1. The van der Waals surface area contributed by atoms with Gasteiger partial charge in [-0.3, -0.25) is 9.59 Å². The van der Waals surface area contributed by atoms with Crippen LogP contribution in [0.5, 0.6) is 0 Å². The average Bonchev–Trinajstić information content (AvgIpc) is 2.87. The van der Waals surface area contributed by atoms with Gasteiger partial charge in [0.25, 0.3) is 5.91 Å². The Bertz CT molecular complexity index is 534. The van der Waals surface area contributed by atoms with Crippen LogP contribution in [0.25, 0.3) is 0 Å². The zero-order valence-corrected chi connectivity index (χ0v) is 14.7. The zero-order chi connectivity index (χ0) is 15.6. The van der Waals surface area contributed by atoms with E-state index in [1.165, 1.54) is 11.3 Å². The number of hydrogen-bond donors (Lipinski definition) is 1. The van der Waals surface area contributed by atoms with Gasteiger partial charge in [-0.2, -0.15) is 0 Å². The van der Waals surface area contributed by atoms with Gasteiger partial charge >= 0.3 is 0 Å². The summed E-state index contributed by atoms with van der Waals surface area (Å²) in [4.78, 5) is 26.9. The minimum atomic E-state index is -0.550.